The van der Waals surface area contributed by atoms with Gasteiger partial charge in [-0.15, -0.1) is 0 Å². The largest absolute Gasteiger partial charge is 0.478 e. The van der Waals surface area contributed by atoms with E-state index in [1.54, 1.807) is 17.9 Å². The highest BCUT2D eigenvalue weighted by Gasteiger charge is 2.43. The predicted octanol–water partition coefficient (Wildman–Crippen LogP) is 3.96. The maximum atomic E-state index is 12.9. The van der Waals surface area contributed by atoms with Gasteiger partial charge < -0.3 is 9.94 Å². The van der Waals surface area contributed by atoms with E-state index < -0.39 is 11.6 Å². The van der Waals surface area contributed by atoms with Crippen LogP contribution < -0.4 is 4.90 Å². The summed E-state index contributed by atoms with van der Waals surface area (Å²) in [5.74, 6) is -1.24. The first-order valence-electron chi connectivity index (χ1n) is 8.92. The second-order valence-electron chi connectivity index (χ2n) is 7.06. The van der Waals surface area contributed by atoms with Gasteiger partial charge in [0.2, 0.25) is 5.60 Å². The fourth-order valence-corrected chi connectivity index (χ4v) is 2.88. The number of aliphatic carboxylic acids is 1. The number of nitrogens with zero attached hydrogens (tertiary/aromatic N) is 2. The van der Waals surface area contributed by atoms with Gasteiger partial charge in [-0.3, -0.25) is 9.69 Å². The SMILES string of the molecule is CC(C=C1C(=O)N(c2ccccc2)C1c1ccccc1)=NOC(C)(C)C(=O)O. The number of carbonyl (C=O) groups is 2. The van der Waals surface area contributed by atoms with Crippen LogP contribution in [0.3, 0.4) is 0 Å². The molecule has 1 saturated heterocycles. The van der Waals surface area contributed by atoms with E-state index in [1.165, 1.54) is 13.8 Å². The topological polar surface area (TPSA) is 79.2 Å². The van der Waals surface area contributed by atoms with E-state index >= 15 is 0 Å². The van der Waals surface area contributed by atoms with Crippen molar-refractivity contribution in [2.24, 2.45) is 5.16 Å². The van der Waals surface area contributed by atoms with E-state index in [0.29, 0.717) is 11.3 Å². The number of rotatable bonds is 6. The highest BCUT2D eigenvalue weighted by Crippen LogP contribution is 2.42. The molecule has 1 amide bonds. The minimum atomic E-state index is -1.45. The highest BCUT2D eigenvalue weighted by molar-refractivity contribution is 6.18. The van der Waals surface area contributed by atoms with Gasteiger partial charge in [0.1, 0.15) is 0 Å². The number of hydrogen-bond donors (Lipinski definition) is 1. The van der Waals surface area contributed by atoms with Crippen LogP contribution in [0.5, 0.6) is 0 Å². The molecule has 1 atom stereocenters. The normalized spacial score (nSPS) is 18.8. The number of carbonyl (C=O) groups excluding carboxylic acids is 1. The summed E-state index contributed by atoms with van der Waals surface area (Å²) in [4.78, 5) is 30.9. The Balaban J connectivity index is 1.92. The Morgan fingerprint density at radius 1 is 1.11 bits per heavy atom. The van der Waals surface area contributed by atoms with Crippen molar-refractivity contribution in [2.75, 3.05) is 4.90 Å². The first-order valence-corrected chi connectivity index (χ1v) is 8.92. The Hall–Kier alpha value is -3.41. The Morgan fingerprint density at radius 2 is 1.68 bits per heavy atom. The molecular formula is C22H22N2O4. The van der Waals surface area contributed by atoms with Gasteiger partial charge in [-0.2, -0.15) is 0 Å². The maximum Gasteiger partial charge on any atom is 0.350 e. The molecule has 1 unspecified atom stereocenters. The van der Waals surface area contributed by atoms with Crippen LogP contribution in [0.1, 0.15) is 32.4 Å². The molecule has 28 heavy (non-hydrogen) atoms. The van der Waals surface area contributed by atoms with E-state index in [0.717, 1.165) is 11.3 Å². The third kappa shape index (κ3) is 3.81. The molecule has 0 radical (unpaired) electrons. The minimum absolute atomic E-state index is 0.118. The zero-order valence-corrected chi connectivity index (χ0v) is 16.0. The van der Waals surface area contributed by atoms with E-state index in [1.807, 2.05) is 60.7 Å². The average Bonchev–Trinajstić information content (AvgIpc) is 2.69. The van der Waals surface area contributed by atoms with Crippen molar-refractivity contribution in [3.05, 3.63) is 77.9 Å². The molecule has 1 aliphatic heterocycles. The first-order chi connectivity index (χ1) is 13.3. The number of benzene rings is 2. The van der Waals surface area contributed by atoms with Gasteiger partial charge in [0.25, 0.3) is 5.91 Å². The standard InChI is InChI=1S/C22H22N2O4/c1-15(23-28-22(2,3)21(26)27)14-18-19(16-10-6-4-7-11-16)24(20(18)25)17-12-8-5-9-13-17/h4-14,19H,1-3H3,(H,26,27). The number of carboxylic acid groups (broad SMARTS) is 1. The van der Waals surface area contributed by atoms with Gasteiger partial charge in [0.15, 0.2) is 0 Å². The van der Waals surface area contributed by atoms with E-state index in [4.69, 9.17) is 9.94 Å². The molecule has 2 aromatic carbocycles. The molecule has 1 N–H and O–H groups in total. The van der Waals surface area contributed by atoms with Gasteiger partial charge in [-0.1, -0.05) is 53.7 Å². The molecule has 0 spiro atoms. The fraction of sp³-hybridized carbons (Fsp3) is 0.227. The predicted molar refractivity (Wildman–Crippen MR) is 107 cm³/mol. The summed E-state index contributed by atoms with van der Waals surface area (Å²) < 4.78 is 0. The minimum Gasteiger partial charge on any atom is -0.478 e. The van der Waals surface area contributed by atoms with E-state index in [-0.39, 0.29) is 11.9 Å². The third-order valence-electron chi connectivity index (χ3n) is 4.47. The Bertz CT molecular complexity index is 934. The molecule has 0 bridgehead atoms. The number of anilines is 1. The Kier molecular flexibility index (Phi) is 5.31. The van der Waals surface area contributed by atoms with E-state index in [2.05, 4.69) is 5.16 Å². The van der Waals surface area contributed by atoms with Crippen LogP contribution >= 0.6 is 0 Å². The summed E-state index contributed by atoms with van der Waals surface area (Å²) in [6.07, 6.45) is 1.65. The van der Waals surface area contributed by atoms with Crippen molar-refractivity contribution in [3.8, 4) is 0 Å². The number of β-lactam (4-membered cyclic amide) rings is 1. The molecule has 6 heteroatoms. The van der Waals surface area contributed by atoms with Crippen molar-refractivity contribution < 1.29 is 19.5 Å². The second-order valence-corrected chi connectivity index (χ2v) is 7.06. The number of hydrogen-bond acceptors (Lipinski definition) is 4. The number of carboxylic acids is 1. The van der Waals surface area contributed by atoms with Gasteiger partial charge in [0.05, 0.1) is 11.8 Å². The summed E-state index contributed by atoms with van der Waals surface area (Å²) in [6, 6.07) is 18.9. The quantitative estimate of drug-likeness (QED) is 0.357. The number of para-hydroxylation sites is 1. The van der Waals surface area contributed by atoms with Crippen molar-refractivity contribution >= 4 is 23.3 Å². The second kappa shape index (κ2) is 7.68. The van der Waals surface area contributed by atoms with Crippen LogP contribution in [-0.4, -0.2) is 28.3 Å². The summed E-state index contributed by atoms with van der Waals surface area (Å²) in [5, 5.41) is 13.0. The molecule has 144 valence electrons. The fourth-order valence-electron chi connectivity index (χ4n) is 2.88. The van der Waals surface area contributed by atoms with Crippen molar-refractivity contribution in [3.63, 3.8) is 0 Å². The molecule has 6 nitrogen and oxygen atoms in total. The number of oxime groups is 1. The van der Waals surface area contributed by atoms with E-state index in [9.17, 15) is 9.59 Å². The molecule has 0 saturated carbocycles. The molecular weight excluding hydrogens is 356 g/mol. The van der Waals surface area contributed by atoms with Crippen molar-refractivity contribution in [1.82, 2.24) is 0 Å². The van der Waals surface area contributed by atoms with Crippen LogP contribution in [0, 0.1) is 0 Å². The summed E-state index contributed by atoms with van der Waals surface area (Å²) in [5.41, 5.74) is 1.35. The van der Waals surface area contributed by atoms with Crippen LogP contribution in [0.2, 0.25) is 0 Å². The van der Waals surface area contributed by atoms with Crippen LogP contribution in [0.25, 0.3) is 0 Å². The monoisotopic (exact) mass is 378 g/mol. The zero-order valence-electron chi connectivity index (χ0n) is 16.0. The smallest absolute Gasteiger partial charge is 0.350 e. The van der Waals surface area contributed by atoms with Crippen molar-refractivity contribution in [1.29, 1.82) is 0 Å². The lowest BCUT2D eigenvalue weighted by atomic mass is 9.86. The Labute approximate surface area is 163 Å². The summed E-state index contributed by atoms with van der Waals surface area (Å²) in [7, 11) is 0. The average molecular weight is 378 g/mol. The summed E-state index contributed by atoms with van der Waals surface area (Å²) in [6.45, 7) is 4.50. The van der Waals surface area contributed by atoms with Crippen molar-refractivity contribution in [2.45, 2.75) is 32.4 Å². The lowest BCUT2D eigenvalue weighted by molar-refractivity contribution is -0.161. The van der Waals surface area contributed by atoms with Gasteiger partial charge in [0, 0.05) is 11.3 Å². The molecule has 3 rings (SSSR count). The molecule has 1 aliphatic rings. The van der Waals surface area contributed by atoms with Gasteiger partial charge in [-0.25, -0.2) is 4.79 Å². The molecule has 1 fully saturated rings. The van der Waals surface area contributed by atoms with Gasteiger partial charge in [-0.05, 0) is 44.5 Å². The number of allylic oxidation sites excluding steroid dienone is 1. The maximum absolute atomic E-state index is 12.9. The molecule has 0 aromatic heterocycles. The van der Waals surface area contributed by atoms with Crippen LogP contribution in [-0.2, 0) is 14.4 Å². The van der Waals surface area contributed by atoms with Crippen LogP contribution in [0.15, 0.2) is 77.5 Å². The first kappa shape index (κ1) is 19.4. The highest BCUT2D eigenvalue weighted by atomic mass is 16.7. The van der Waals surface area contributed by atoms with Crippen LogP contribution in [0.4, 0.5) is 5.69 Å². The third-order valence-corrected chi connectivity index (χ3v) is 4.47. The lowest BCUT2D eigenvalue weighted by Crippen LogP contribution is -2.49. The Morgan fingerprint density at radius 3 is 2.25 bits per heavy atom. The molecule has 1 heterocycles. The summed E-state index contributed by atoms with van der Waals surface area (Å²) >= 11 is 0. The van der Waals surface area contributed by atoms with Gasteiger partial charge >= 0.3 is 5.97 Å². The number of amides is 1. The molecule has 2 aromatic rings. The zero-order chi connectivity index (χ0) is 20.3. The molecule has 0 aliphatic carbocycles. The lowest BCUT2D eigenvalue weighted by Gasteiger charge is -2.43.